The maximum absolute atomic E-state index is 6.07. The van der Waals surface area contributed by atoms with Gasteiger partial charge in [-0.2, -0.15) is 0 Å². The quantitative estimate of drug-likeness (QED) is 0.220. The molecule has 0 unspecified atom stereocenters. The highest BCUT2D eigenvalue weighted by atomic mass is 127. The summed E-state index contributed by atoms with van der Waals surface area (Å²) >= 11 is 0. The summed E-state index contributed by atoms with van der Waals surface area (Å²) in [6.45, 7) is 8.84. The Morgan fingerprint density at radius 3 is 2.42 bits per heavy atom. The number of nitrogens with one attached hydrogen (secondary N) is 1. The minimum atomic E-state index is 0. The Labute approximate surface area is 214 Å². The normalized spacial score (nSPS) is 17.2. The van der Waals surface area contributed by atoms with Gasteiger partial charge in [0.05, 0.1) is 13.2 Å². The van der Waals surface area contributed by atoms with Crippen LogP contribution in [0.5, 0.6) is 11.5 Å². The molecule has 0 saturated carbocycles. The second-order valence-electron chi connectivity index (χ2n) is 8.41. The molecule has 0 amide bonds. The monoisotopic (exact) mass is 565 g/mol. The van der Waals surface area contributed by atoms with Gasteiger partial charge in [-0.05, 0) is 37.1 Å². The molecular weight excluding hydrogens is 529 g/mol. The SMILES string of the molecule is I.NC(=NCCCCN1CCN(Cc2ccccc2)CC1)Nc1ccc2c(c1)OCCCO2. The summed E-state index contributed by atoms with van der Waals surface area (Å²) in [5, 5.41) is 3.15. The Hall–Kier alpha value is -2.04. The van der Waals surface area contributed by atoms with Gasteiger partial charge < -0.3 is 25.4 Å². The third kappa shape index (κ3) is 8.35. The molecule has 2 aliphatic heterocycles. The molecular formula is C25H36IN5O2. The molecule has 0 radical (unpaired) electrons. The Balaban J connectivity index is 0.00000306. The first kappa shape index (κ1) is 25.6. The third-order valence-electron chi connectivity index (χ3n) is 5.90. The molecule has 2 aliphatic rings. The van der Waals surface area contributed by atoms with Crippen LogP contribution in [0.3, 0.4) is 0 Å². The van der Waals surface area contributed by atoms with Crippen LogP contribution in [0.15, 0.2) is 53.5 Å². The van der Waals surface area contributed by atoms with E-state index in [-0.39, 0.29) is 24.0 Å². The van der Waals surface area contributed by atoms with Crippen molar-refractivity contribution in [2.75, 3.05) is 57.8 Å². The van der Waals surface area contributed by atoms with E-state index in [1.165, 1.54) is 5.56 Å². The Kier molecular flexibility index (Phi) is 10.6. The first-order valence-electron chi connectivity index (χ1n) is 11.7. The molecule has 180 valence electrons. The first-order chi connectivity index (χ1) is 15.8. The van der Waals surface area contributed by atoms with Gasteiger partial charge in [-0.25, -0.2) is 0 Å². The third-order valence-corrected chi connectivity index (χ3v) is 5.90. The second-order valence-corrected chi connectivity index (χ2v) is 8.41. The highest BCUT2D eigenvalue weighted by molar-refractivity contribution is 14.0. The summed E-state index contributed by atoms with van der Waals surface area (Å²) in [4.78, 5) is 9.58. The van der Waals surface area contributed by atoms with E-state index in [4.69, 9.17) is 15.2 Å². The van der Waals surface area contributed by atoms with E-state index < -0.39 is 0 Å². The van der Waals surface area contributed by atoms with Crippen molar-refractivity contribution >= 4 is 35.6 Å². The summed E-state index contributed by atoms with van der Waals surface area (Å²) in [5.41, 5.74) is 8.33. The van der Waals surface area contributed by atoms with Crippen molar-refractivity contribution in [2.24, 2.45) is 10.7 Å². The average Bonchev–Trinajstić information content (AvgIpc) is 3.06. The number of nitrogens with two attached hydrogens (primary N) is 1. The number of benzene rings is 2. The number of rotatable bonds is 8. The number of hydrogen-bond acceptors (Lipinski definition) is 5. The number of ether oxygens (including phenoxy) is 2. The molecule has 1 fully saturated rings. The molecule has 1 saturated heterocycles. The van der Waals surface area contributed by atoms with Crippen LogP contribution in [0.25, 0.3) is 0 Å². The van der Waals surface area contributed by atoms with Crippen molar-refractivity contribution in [3.05, 3.63) is 54.1 Å². The standard InChI is InChI=1S/C25H35N5O2.HI/c26-25(28-22-9-10-23-24(19-22)32-18-6-17-31-23)27-11-4-5-12-29-13-15-30(16-14-29)20-21-7-2-1-3-8-21;/h1-3,7-10,19H,4-6,11-18,20H2,(H3,26,27,28);1H. The fourth-order valence-corrected chi connectivity index (χ4v) is 4.09. The van der Waals surface area contributed by atoms with Gasteiger partial charge in [-0.3, -0.25) is 9.89 Å². The largest absolute Gasteiger partial charge is 0.490 e. The van der Waals surface area contributed by atoms with Crippen molar-refractivity contribution in [3.8, 4) is 11.5 Å². The maximum atomic E-state index is 6.07. The number of halogens is 1. The van der Waals surface area contributed by atoms with Crippen molar-refractivity contribution in [2.45, 2.75) is 25.8 Å². The van der Waals surface area contributed by atoms with Gasteiger partial charge in [0.25, 0.3) is 0 Å². The summed E-state index contributed by atoms with van der Waals surface area (Å²) < 4.78 is 11.4. The minimum Gasteiger partial charge on any atom is -0.490 e. The van der Waals surface area contributed by atoms with Crippen LogP contribution in [0.4, 0.5) is 5.69 Å². The van der Waals surface area contributed by atoms with E-state index in [9.17, 15) is 0 Å². The van der Waals surface area contributed by atoms with Crippen molar-refractivity contribution in [3.63, 3.8) is 0 Å². The number of nitrogens with zero attached hydrogens (tertiary/aromatic N) is 3. The lowest BCUT2D eigenvalue weighted by Gasteiger charge is -2.34. The molecule has 7 nitrogen and oxygen atoms in total. The minimum absolute atomic E-state index is 0. The van der Waals surface area contributed by atoms with Crippen molar-refractivity contribution in [1.29, 1.82) is 0 Å². The van der Waals surface area contributed by atoms with E-state index in [2.05, 4.69) is 50.4 Å². The number of guanidine groups is 1. The van der Waals surface area contributed by atoms with E-state index in [1.807, 2.05) is 18.2 Å². The summed E-state index contributed by atoms with van der Waals surface area (Å²) in [6.07, 6.45) is 3.07. The lowest BCUT2D eigenvalue weighted by Crippen LogP contribution is -2.46. The van der Waals surface area contributed by atoms with E-state index in [0.717, 1.165) is 82.3 Å². The highest BCUT2D eigenvalue weighted by Crippen LogP contribution is 2.32. The maximum Gasteiger partial charge on any atom is 0.193 e. The number of hydrogen-bond donors (Lipinski definition) is 2. The van der Waals surface area contributed by atoms with Gasteiger partial charge in [-0.1, -0.05) is 30.3 Å². The number of aliphatic imine (C=N–C) groups is 1. The first-order valence-corrected chi connectivity index (χ1v) is 11.7. The molecule has 33 heavy (non-hydrogen) atoms. The van der Waals surface area contributed by atoms with Gasteiger partial charge in [0, 0.05) is 57.4 Å². The molecule has 4 rings (SSSR count). The second kappa shape index (κ2) is 13.6. The van der Waals surface area contributed by atoms with E-state index in [1.54, 1.807) is 0 Å². The summed E-state index contributed by atoms with van der Waals surface area (Å²) in [6, 6.07) is 16.5. The molecule has 8 heteroatoms. The molecule has 0 bridgehead atoms. The van der Waals surface area contributed by atoms with Crippen molar-refractivity contribution in [1.82, 2.24) is 9.80 Å². The van der Waals surface area contributed by atoms with Gasteiger partial charge in [-0.15, -0.1) is 24.0 Å². The predicted octanol–water partition coefficient (Wildman–Crippen LogP) is 3.79. The van der Waals surface area contributed by atoms with Crippen LogP contribution < -0.4 is 20.5 Å². The molecule has 0 aromatic heterocycles. The van der Waals surface area contributed by atoms with Crippen LogP contribution in [-0.2, 0) is 6.54 Å². The van der Waals surface area contributed by atoms with Gasteiger partial charge in [0.15, 0.2) is 17.5 Å². The zero-order chi connectivity index (χ0) is 22.0. The molecule has 2 aromatic rings. The molecule has 2 heterocycles. The van der Waals surface area contributed by atoms with Crippen molar-refractivity contribution < 1.29 is 9.47 Å². The van der Waals surface area contributed by atoms with Crippen LogP contribution in [0.2, 0.25) is 0 Å². The van der Waals surface area contributed by atoms with Crippen LogP contribution in [-0.4, -0.2) is 68.2 Å². The fourth-order valence-electron chi connectivity index (χ4n) is 4.09. The molecule has 2 aromatic carbocycles. The topological polar surface area (TPSA) is 75.4 Å². The number of piperazine rings is 1. The van der Waals surface area contributed by atoms with E-state index >= 15 is 0 Å². The smallest absolute Gasteiger partial charge is 0.193 e. The molecule has 3 N–H and O–H groups in total. The van der Waals surface area contributed by atoms with Crippen LogP contribution in [0.1, 0.15) is 24.8 Å². The zero-order valence-electron chi connectivity index (χ0n) is 19.2. The van der Waals surface area contributed by atoms with Crippen LogP contribution >= 0.6 is 24.0 Å². The number of anilines is 1. The highest BCUT2D eigenvalue weighted by Gasteiger charge is 2.16. The lowest BCUT2D eigenvalue weighted by atomic mass is 10.2. The van der Waals surface area contributed by atoms with Gasteiger partial charge in [0.1, 0.15) is 0 Å². The zero-order valence-corrected chi connectivity index (χ0v) is 21.6. The van der Waals surface area contributed by atoms with Gasteiger partial charge >= 0.3 is 0 Å². The lowest BCUT2D eigenvalue weighted by molar-refractivity contribution is 0.126. The molecule has 0 atom stereocenters. The number of fused-ring (bicyclic) bond motifs is 1. The fraction of sp³-hybridized carbons (Fsp3) is 0.480. The molecule has 0 aliphatic carbocycles. The Bertz CT molecular complexity index is 872. The van der Waals surface area contributed by atoms with E-state index in [0.29, 0.717) is 19.2 Å². The predicted molar refractivity (Wildman–Crippen MR) is 145 cm³/mol. The average molecular weight is 566 g/mol. The Morgan fingerprint density at radius 2 is 1.64 bits per heavy atom. The Morgan fingerprint density at radius 1 is 0.909 bits per heavy atom. The summed E-state index contributed by atoms with van der Waals surface area (Å²) in [7, 11) is 0. The summed E-state index contributed by atoms with van der Waals surface area (Å²) in [5.74, 6) is 1.97. The number of unbranched alkanes of at least 4 members (excludes halogenated alkanes) is 1. The molecule has 0 spiro atoms. The van der Waals surface area contributed by atoms with Crippen LogP contribution in [0, 0.1) is 0 Å². The van der Waals surface area contributed by atoms with Gasteiger partial charge in [0.2, 0.25) is 0 Å².